The largest absolute Gasteiger partial charge is 0.341 e. The number of nitrogens with zero attached hydrogens (tertiary/aromatic N) is 5. The number of amides is 1. The van der Waals surface area contributed by atoms with Gasteiger partial charge in [0.15, 0.2) is 11.0 Å². The highest BCUT2D eigenvalue weighted by Gasteiger charge is 2.34. The zero-order chi connectivity index (χ0) is 20.3. The summed E-state index contributed by atoms with van der Waals surface area (Å²) >= 11 is 1.54. The van der Waals surface area contributed by atoms with Crippen LogP contribution in [0, 0.1) is 0 Å². The molecule has 3 aromatic rings. The van der Waals surface area contributed by atoms with Crippen LogP contribution in [-0.2, 0) is 4.79 Å². The van der Waals surface area contributed by atoms with Crippen molar-refractivity contribution in [3.05, 3.63) is 60.4 Å². The second-order valence-corrected chi connectivity index (χ2v) is 9.01. The lowest BCUT2D eigenvalue weighted by Crippen LogP contribution is -2.38. The number of thioether (sulfide) groups is 1. The summed E-state index contributed by atoms with van der Waals surface area (Å²) in [4.78, 5) is 19.7. The first kappa shape index (κ1) is 19.3. The van der Waals surface area contributed by atoms with E-state index in [1.54, 1.807) is 12.4 Å². The third-order valence-electron chi connectivity index (χ3n) is 5.73. The van der Waals surface area contributed by atoms with Crippen LogP contribution in [0.2, 0.25) is 0 Å². The molecule has 1 aliphatic heterocycles. The van der Waals surface area contributed by atoms with E-state index in [1.165, 1.54) is 18.2 Å². The molecule has 0 unspecified atom stereocenters. The smallest absolute Gasteiger partial charge is 0.240 e. The van der Waals surface area contributed by atoms with E-state index < -0.39 is 0 Å². The lowest BCUT2D eigenvalue weighted by Gasteiger charge is -2.30. The number of hydrogen-bond donors (Lipinski definition) is 0. The van der Waals surface area contributed by atoms with Gasteiger partial charge in [0.25, 0.3) is 0 Å². The van der Waals surface area contributed by atoms with Crippen LogP contribution in [0.1, 0.15) is 49.0 Å². The quantitative estimate of drug-likeness (QED) is 0.550. The number of likely N-dealkylation sites (tertiary alicyclic amines) is 1. The van der Waals surface area contributed by atoms with Gasteiger partial charge < -0.3 is 4.90 Å². The van der Waals surface area contributed by atoms with E-state index in [0.717, 1.165) is 60.9 Å². The maximum absolute atomic E-state index is 13.5. The highest BCUT2D eigenvalue weighted by molar-refractivity contribution is 8.00. The first-order valence-electron chi connectivity index (χ1n) is 10.7. The normalized spacial score (nSPS) is 17.7. The summed E-state index contributed by atoms with van der Waals surface area (Å²) < 4.78 is 2.22. The Hall–Kier alpha value is -2.67. The number of carbonyl (C=O) groups excluding carboxylic acids is 1. The molecule has 1 saturated heterocycles. The van der Waals surface area contributed by atoms with Crippen LogP contribution < -0.4 is 0 Å². The minimum absolute atomic E-state index is 0.182. The van der Waals surface area contributed by atoms with Crippen molar-refractivity contribution in [2.45, 2.75) is 48.6 Å². The fraction of sp³-hybridized carbons (Fsp3) is 0.391. The zero-order valence-electron chi connectivity index (χ0n) is 16.9. The van der Waals surface area contributed by atoms with E-state index in [2.05, 4.69) is 19.7 Å². The summed E-state index contributed by atoms with van der Waals surface area (Å²) in [5, 5.41) is 9.55. The Balaban J connectivity index is 1.49. The molecule has 2 aliphatic rings. The van der Waals surface area contributed by atoms with Crippen LogP contribution in [0.3, 0.4) is 0 Å². The van der Waals surface area contributed by atoms with Gasteiger partial charge in [-0.3, -0.25) is 14.3 Å². The molecule has 1 amide bonds. The number of carbonyl (C=O) groups is 1. The number of hydrogen-bond acceptors (Lipinski definition) is 5. The lowest BCUT2D eigenvalue weighted by molar-refractivity contribution is -0.131. The van der Waals surface area contributed by atoms with Gasteiger partial charge in [0.05, 0.1) is 0 Å². The third kappa shape index (κ3) is 3.99. The van der Waals surface area contributed by atoms with Crippen molar-refractivity contribution in [3.63, 3.8) is 0 Å². The summed E-state index contributed by atoms with van der Waals surface area (Å²) in [5.41, 5.74) is 2.03. The van der Waals surface area contributed by atoms with E-state index >= 15 is 0 Å². The van der Waals surface area contributed by atoms with E-state index in [1.807, 2.05) is 47.4 Å². The lowest BCUT2D eigenvalue weighted by atomic mass is 10.1. The van der Waals surface area contributed by atoms with Crippen molar-refractivity contribution in [3.8, 4) is 11.4 Å². The van der Waals surface area contributed by atoms with Crippen molar-refractivity contribution < 1.29 is 4.79 Å². The van der Waals surface area contributed by atoms with Gasteiger partial charge in [-0.25, -0.2) is 0 Å². The number of benzene rings is 1. The first-order valence-corrected chi connectivity index (χ1v) is 11.5. The number of aromatic nitrogens is 4. The van der Waals surface area contributed by atoms with Crippen LogP contribution in [0.15, 0.2) is 60.0 Å². The van der Waals surface area contributed by atoms with Crippen LogP contribution >= 0.6 is 11.8 Å². The number of pyridine rings is 1. The summed E-state index contributed by atoms with van der Waals surface area (Å²) in [6.45, 7) is 1.70. The van der Waals surface area contributed by atoms with Crippen LogP contribution in [0.5, 0.6) is 0 Å². The molecule has 1 saturated carbocycles. The topological polar surface area (TPSA) is 63.9 Å². The fourth-order valence-electron chi connectivity index (χ4n) is 3.99. The second-order valence-electron chi connectivity index (χ2n) is 7.94. The highest BCUT2D eigenvalue weighted by atomic mass is 32.2. The zero-order valence-corrected chi connectivity index (χ0v) is 17.7. The Morgan fingerprint density at radius 3 is 2.40 bits per heavy atom. The molecule has 0 spiro atoms. The van der Waals surface area contributed by atoms with E-state index in [0.29, 0.717) is 6.04 Å². The fourth-order valence-corrected chi connectivity index (χ4v) is 5.18. The molecule has 3 heterocycles. The van der Waals surface area contributed by atoms with Crippen molar-refractivity contribution in [2.24, 2.45) is 0 Å². The summed E-state index contributed by atoms with van der Waals surface area (Å²) in [6, 6.07) is 14.4. The van der Waals surface area contributed by atoms with Gasteiger partial charge in [-0.1, -0.05) is 42.1 Å². The Labute approximate surface area is 180 Å². The number of piperidine rings is 1. The second kappa shape index (κ2) is 8.60. The van der Waals surface area contributed by atoms with Gasteiger partial charge in [-0.2, -0.15) is 0 Å². The summed E-state index contributed by atoms with van der Waals surface area (Å²) in [7, 11) is 0. The molecule has 0 bridgehead atoms. The van der Waals surface area contributed by atoms with Crippen molar-refractivity contribution in [2.75, 3.05) is 13.1 Å². The van der Waals surface area contributed by atoms with E-state index in [-0.39, 0.29) is 11.2 Å². The molecule has 6 nitrogen and oxygen atoms in total. The number of rotatable bonds is 6. The molecule has 0 N–H and O–H groups in total. The first-order chi connectivity index (χ1) is 14.8. The Kier molecular flexibility index (Phi) is 5.53. The SMILES string of the molecule is O=C([C@H](Sc1nnc(-c2ccncc2)n1C1CC1)c1ccccc1)N1CCCCC1. The molecule has 5 rings (SSSR count). The Morgan fingerprint density at radius 1 is 0.967 bits per heavy atom. The average molecular weight is 420 g/mol. The minimum Gasteiger partial charge on any atom is -0.341 e. The maximum Gasteiger partial charge on any atom is 0.240 e. The Bertz CT molecular complexity index is 997. The maximum atomic E-state index is 13.5. The molecule has 7 heteroatoms. The van der Waals surface area contributed by atoms with Gasteiger partial charge >= 0.3 is 0 Å². The molecular formula is C23H25N5OS. The van der Waals surface area contributed by atoms with Crippen LogP contribution in [0.4, 0.5) is 0 Å². The molecule has 0 radical (unpaired) electrons. The monoisotopic (exact) mass is 419 g/mol. The standard InChI is InChI=1S/C23H25N5OS/c29-22(27-15-5-2-6-16-27)20(17-7-3-1-4-8-17)30-23-26-25-21(28(23)19-9-10-19)18-11-13-24-14-12-18/h1,3-4,7-8,11-14,19-20H,2,5-6,9-10,15-16H2/t20-/m1/s1. The van der Waals surface area contributed by atoms with Crippen LogP contribution in [0.25, 0.3) is 11.4 Å². The Morgan fingerprint density at radius 2 is 1.70 bits per heavy atom. The molecule has 1 aromatic carbocycles. The molecule has 154 valence electrons. The highest BCUT2D eigenvalue weighted by Crippen LogP contribution is 2.44. The third-order valence-corrected chi connectivity index (χ3v) is 6.93. The van der Waals surface area contributed by atoms with Crippen molar-refractivity contribution in [1.82, 2.24) is 24.6 Å². The average Bonchev–Trinajstić information content (AvgIpc) is 3.58. The summed E-state index contributed by atoms with van der Waals surface area (Å²) in [5.74, 6) is 1.04. The van der Waals surface area contributed by atoms with Gasteiger partial charge in [0, 0.05) is 37.1 Å². The van der Waals surface area contributed by atoms with E-state index in [4.69, 9.17) is 0 Å². The van der Waals surface area contributed by atoms with Gasteiger partial charge in [-0.15, -0.1) is 10.2 Å². The van der Waals surface area contributed by atoms with Gasteiger partial charge in [0.1, 0.15) is 5.25 Å². The predicted octanol–water partition coefficient (Wildman–Crippen LogP) is 4.52. The van der Waals surface area contributed by atoms with Crippen LogP contribution in [-0.4, -0.2) is 43.6 Å². The molecular weight excluding hydrogens is 394 g/mol. The minimum atomic E-state index is -0.309. The molecule has 2 fully saturated rings. The van der Waals surface area contributed by atoms with Gasteiger partial charge in [0.2, 0.25) is 5.91 Å². The predicted molar refractivity (Wildman–Crippen MR) is 117 cm³/mol. The van der Waals surface area contributed by atoms with Crippen molar-refractivity contribution in [1.29, 1.82) is 0 Å². The molecule has 2 aromatic heterocycles. The van der Waals surface area contributed by atoms with Gasteiger partial charge in [-0.05, 0) is 49.8 Å². The summed E-state index contributed by atoms with van der Waals surface area (Å²) in [6.07, 6.45) is 9.18. The molecule has 1 aliphatic carbocycles. The van der Waals surface area contributed by atoms with Crippen molar-refractivity contribution >= 4 is 17.7 Å². The molecule has 30 heavy (non-hydrogen) atoms. The van der Waals surface area contributed by atoms with E-state index in [9.17, 15) is 4.79 Å². The molecule has 1 atom stereocenters.